The van der Waals surface area contributed by atoms with Crippen LogP contribution in [0.1, 0.15) is 29.2 Å². The molecule has 0 radical (unpaired) electrons. The third-order valence-electron chi connectivity index (χ3n) is 5.00. The highest BCUT2D eigenvalue weighted by atomic mass is 35.5. The first-order valence-corrected chi connectivity index (χ1v) is 8.16. The molecule has 1 unspecified atom stereocenters. The Bertz CT molecular complexity index is 740. The average molecular weight is 333 g/mol. The number of hydrogen-bond donors (Lipinski definition) is 2. The van der Waals surface area contributed by atoms with Crippen LogP contribution in [-0.4, -0.2) is 28.7 Å². The number of hydrogen-bond acceptors (Lipinski definition) is 2. The number of nitrogens with zero attached hydrogens (tertiary/aromatic N) is 1. The van der Waals surface area contributed by atoms with Crippen LogP contribution < -0.4 is 5.32 Å². The summed E-state index contributed by atoms with van der Waals surface area (Å²) >= 11 is 6.08. The van der Waals surface area contributed by atoms with E-state index in [1.165, 1.54) is 0 Å². The number of benzene rings is 1. The molecule has 0 aliphatic carbocycles. The fraction of sp³-hybridized carbons (Fsp3) is 0.389. The molecule has 1 aliphatic heterocycles. The summed E-state index contributed by atoms with van der Waals surface area (Å²) in [7, 11) is 1.90. The molecule has 1 saturated heterocycles. The first-order chi connectivity index (χ1) is 11.0. The lowest BCUT2D eigenvalue weighted by molar-refractivity contribution is -0.145. The SMILES string of the molecule is Cc1cc(Cl)ccc1C1CCNC[C@@]1(C(=O)O)c1cccn1C. The molecule has 23 heavy (non-hydrogen) atoms. The second-order valence-corrected chi connectivity index (χ2v) is 6.74. The van der Waals surface area contributed by atoms with Gasteiger partial charge in [-0.1, -0.05) is 17.7 Å². The lowest BCUT2D eigenvalue weighted by atomic mass is 9.65. The minimum atomic E-state index is -0.977. The van der Waals surface area contributed by atoms with Crippen molar-refractivity contribution in [3.05, 3.63) is 58.4 Å². The molecular formula is C18H21ClN2O2. The molecule has 2 aromatic rings. The van der Waals surface area contributed by atoms with Gasteiger partial charge >= 0.3 is 5.97 Å². The Labute approximate surface area is 141 Å². The van der Waals surface area contributed by atoms with Gasteiger partial charge in [0.25, 0.3) is 0 Å². The number of carbonyl (C=O) groups is 1. The van der Waals surface area contributed by atoms with Gasteiger partial charge in [-0.25, -0.2) is 0 Å². The largest absolute Gasteiger partial charge is 0.480 e. The molecule has 4 nitrogen and oxygen atoms in total. The fourth-order valence-electron chi connectivity index (χ4n) is 3.88. The highest BCUT2D eigenvalue weighted by Gasteiger charge is 2.51. The van der Waals surface area contributed by atoms with Crippen LogP contribution in [0.4, 0.5) is 0 Å². The van der Waals surface area contributed by atoms with Crippen LogP contribution in [0, 0.1) is 6.92 Å². The predicted molar refractivity (Wildman–Crippen MR) is 91.1 cm³/mol. The van der Waals surface area contributed by atoms with Crippen molar-refractivity contribution in [1.29, 1.82) is 0 Å². The van der Waals surface area contributed by atoms with E-state index in [1.54, 1.807) is 0 Å². The van der Waals surface area contributed by atoms with Gasteiger partial charge in [0.05, 0.1) is 0 Å². The number of aromatic nitrogens is 1. The molecule has 0 spiro atoms. The van der Waals surface area contributed by atoms with E-state index in [0.717, 1.165) is 29.8 Å². The van der Waals surface area contributed by atoms with Gasteiger partial charge in [-0.15, -0.1) is 0 Å². The normalized spacial score (nSPS) is 24.6. The Hall–Kier alpha value is -1.78. The van der Waals surface area contributed by atoms with Crippen molar-refractivity contribution in [1.82, 2.24) is 9.88 Å². The summed E-state index contributed by atoms with van der Waals surface area (Å²) < 4.78 is 1.92. The maximum atomic E-state index is 12.4. The monoisotopic (exact) mass is 332 g/mol. The maximum absolute atomic E-state index is 12.4. The molecule has 2 atom stereocenters. The Kier molecular flexibility index (Phi) is 4.21. The van der Waals surface area contributed by atoms with E-state index < -0.39 is 11.4 Å². The van der Waals surface area contributed by atoms with Gasteiger partial charge in [0, 0.05) is 36.4 Å². The van der Waals surface area contributed by atoms with Crippen molar-refractivity contribution in [2.45, 2.75) is 24.7 Å². The van der Waals surface area contributed by atoms with Crippen molar-refractivity contribution in [3.8, 4) is 0 Å². The molecule has 2 heterocycles. The molecule has 3 rings (SSSR count). The van der Waals surface area contributed by atoms with Crippen LogP contribution in [0.3, 0.4) is 0 Å². The van der Waals surface area contributed by atoms with E-state index in [1.807, 2.05) is 55.1 Å². The van der Waals surface area contributed by atoms with Crippen LogP contribution in [0.25, 0.3) is 0 Å². The zero-order chi connectivity index (χ0) is 16.6. The summed E-state index contributed by atoms with van der Waals surface area (Å²) in [6.07, 6.45) is 2.68. The summed E-state index contributed by atoms with van der Waals surface area (Å²) in [5.74, 6) is -0.877. The lowest BCUT2D eigenvalue weighted by Gasteiger charge is -2.42. The highest BCUT2D eigenvalue weighted by Crippen LogP contribution is 2.44. The standard InChI is InChI=1S/C18H21ClN2O2/c1-12-10-13(19)5-6-14(12)15-7-8-20-11-18(15,17(22)23)16-4-3-9-21(16)2/h3-6,9-10,15,20H,7-8,11H2,1-2H3,(H,22,23)/t15?,18-/m0/s1. The van der Waals surface area contributed by atoms with Gasteiger partial charge in [-0.05, 0) is 55.3 Å². The Morgan fingerprint density at radius 2 is 2.22 bits per heavy atom. The van der Waals surface area contributed by atoms with E-state index in [9.17, 15) is 9.90 Å². The average Bonchev–Trinajstić information content (AvgIpc) is 2.93. The molecule has 0 bridgehead atoms. The summed E-state index contributed by atoms with van der Waals surface area (Å²) in [5, 5.41) is 14.1. The molecule has 5 heteroatoms. The highest BCUT2D eigenvalue weighted by molar-refractivity contribution is 6.30. The second kappa shape index (κ2) is 6.02. The van der Waals surface area contributed by atoms with Gasteiger partial charge < -0.3 is 15.0 Å². The van der Waals surface area contributed by atoms with Crippen molar-refractivity contribution < 1.29 is 9.90 Å². The topological polar surface area (TPSA) is 54.3 Å². The van der Waals surface area contributed by atoms with Crippen molar-refractivity contribution in [3.63, 3.8) is 0 Å². The molecule has 1 aromatic carbocycles. The van der Waals surface area contributed by atoms with Crippen LogP contribution in [0.2, 0.25) is 5.02 Å². The zero-order valence-corrected chi connectivity index (χ0v) is 14.1. The predicted octanol–water partition coefficient (Wildman–Crippen LogP) is 3.09. The third-order valence-corrected chi connectivity index (χ3v) is 5.23. The molecule has 1 fully saturated rings. The van der Waals surface area contributed by atoms with Crippen molar-refractivity contribution in [2.75, 3.05) is 13.1 Å². The van der Waals surface area contributed by atoms with Crippen LogP contribution >= 0.6 is 11.6 Å². The number of aryl methyl sites for hydroxylation is 2. The molecule has 1 aliphatic rings. The van der Waals surface area contributed by atoms with E-state index in [4.69, 9.17) is 11.6 Å². The van der Waals surface area contributed by atoms with Crippen LogP contribution in [0.15, 0.2) is 36.5 Å². The minimum Gasteiger partial charge on any atom is -0.480 e. The number of rotatable bonds is 3. The Morgan fingerprint density at radius 1 is 1.43 bits per heavy atom. The molecular weight excluding hydrogens is 312 g/mol. The Morgan fingerprint density at radius 3 is 2.83 bits per heavy atom. The molecule has 122 valence electrons. The number of carboxylic acid groups (broad SMARTS) is 1. The maximum Gasteiger partial charge on any atom is 0.317 e. The number of piperidine rings is 1. The molecule has 2 N–H and O–H groups in total. The van der Waals surface area contributed by atoms with Crippen LogP contribution in [-0.2, 0) is 17.3 Å². The second-order valence-electron chi connectivity index (χ2n) is 6.30. The van der Waals surface area contributed by atoms with Crippen molar-refractivity contribution >= 4 is 17.6 Å². The number of aliphatic carboxylic acids is 1. The number of halogens is 1. The quantitative estimate of drug-likeness (QED) is 0.908. The summed E-state index contributed by atoms with van der Waals surface area (Å²) in [4.78, 5) is 12.4. The van der Waals surface area contributed by atoms with E-state index >= 15 is 0 Å². The van der Waals surface area contributed by atoms with Gasteiger partial charge in [0.15, 0.2) is 0 Å². The molecule has 0 amide bonds. The summed E-state index contributed by atoms with van der Waals surface area (Å²) in [5.41, 5.74) is 1.97. The minimum absolute atomic E-state index is 0.0906. The third kappa shape index (κ3) is 2.56. The van der Waals surface area contributed by atoms with Crippen molar-refractivity contribution in [2.24, 2.45) is 7.05 Å². The molecule has 0 saturated carbocycles. The van der Waals surface area contributed by atoms with Gasteiger partial charge in [-0.3, -0.25) is 4.79 Å². The number of carboxylic acids is 1. The van der Waals surface area contributed by atoms with E-state index in [2.05, 4.69) is 5.32 Å². The fourth-order valence-corrected chi connectivity index (χ4v) is 4.11. The van der Waals surface area contributed by atoms with Crippen LogP contribution in [0.5, 0.6) is 0 Å². The zero-order valence-electron chi connectivity index (χ0n) is 13.3. The van der Waals surface area contributed by atoms with Gasteiger partial charge in [0.2, 0.25) is 0 Å². The summed E-state index contributed by atoms with van der Waals surface area (Å²) in [6.45, 7) is 3.24. The first kappa shape index (κ1) is 16.1. The Balaban J connectivity index is 2.19. The number of nitrogens with one attached hydrogen (secondary N) is 1. The molecule has 1 aromatic heterocycles. The van der Waals surface area contributed by atoms with E-state index in [-0.39, 0.29) is 5.92 Å². The lowest BCUT2D eigenvalue weighted by Crippen LogP contribution is -2.54. The van der Waals surface area contributed by atoms with Gasteiger partial charge in [-0.2, -0.15) is 0 Å². The summed E-state index contributed by atoms with van der Waals surface area (Å²) in [6, 6.07) is 9.56. The van der Waals surface area contributed by atoms with Gasteiger partial charge in [0.1, 0.15) is 5.41 Å². The van der Waals surface area contributed by atoms with E-state index in [0.29, 0.717) is 11.6 Å². The first-order valence-electron chi connectivity index (χ1n) is 7.79. The smallest absolute Gasteiger partial charge is 0.317 e.